The number of amides is 1. The standard InChI is InChI=1S/C9H19N3O2/c1-11(2)3-4-12-6-8(5-10)14-7-9(12)13/h8H,3-7,10H2,1-2H3. The van der Waals surface area contributed by atoms with Crippen LogP contribution in [-0.2, 0) is 9.53 Å². The number of ether oxygens (including phenoxy) is 1. The second kappa shape index (κ2) is 5.29. The van der Waals surface area contributed by atoms with E-state index in [1.807, 2.05) is 19.0 Å². The Bertz CT molecular complexity index is 196. The van der Waals surface area contributed by atoms with Gasteiger partial charge in [0, 0.05) is 26.2 Å². The quantitative estimate of drug-likeness (QED) is 0.616. The van der Waals surface area contributed by atoms with Gasteiger partial charge in [-0.1, -0.05) is 0 Å². The Balaban J connectivity index is 2.36. The normalized spacial score (nSPS) is 23.3. The van der Waals surface area contributed by atoms with Gasteiger partial charge in [-0.3, -0.25) is 4.79 Å². The molecule has 0 aromatic heterocycles. The Kier molecular flexibility index (Phi) is 4.31. The van der Waals surface area contributed by atoms with Crippen LogP contribution in [0.5, 0.6) is 0 Å². The first-order valence-corrected chi connectivity index (χ1v) is 4.87. The van der Waals surface area contributed by atoms with Gasteiger partial charge < -0.3 is 20.3 Å². The molecular weight excluding hydrogens is 182 g/mol. The average molecular weight is 201 g/mol. The number of likely N-dealkylation sites (N-methyl/N-ethyl adjacent to an activating group) is 1. The summed E-state index contributed by atoms with van der Waals surface area (Å²) in [6, 6.07) is 0. The zero-order valence-electron chi connectivity index (χ0n) is 8.90. The largest absolute Gasteiger partial charge is 0.365 e. The molecule has 1 fully saturated rings. The SMILES string of the molecule is CN(C)CCN1CC(CN)OCC1=O. The molecule has 1 aliphatic heterocycles. The first kappa shape index (κ1) is 11.4. The van der Waals surface area contributed by atoms with E-state index in [2.05, 4.69) is 4.90 Å². The fourth-order valence-electron chi connectivity index (χ4n) is 1.36. The van der Waals surface area contributed by atoms with E-state index < -0.39 is 0 Å². The van der Waals surface area contributed by atoms with Gasteiger partial charge in [-0.15, -0.1) is 0 Å². The molecule has 1 amide bonds. The van der Waals surface area contributed by atoms with Crippen LogP contribution < -0.4 is 5.73 Å². The van der Waals surface area contributed by atoms with Crippen LogP contribution >= 0.6 is 0 Å². The maximum absolute atomic E-state index is 11.4. The molecule has 0 spiro atoms. The van der Waals surface area contributed by atoms with Crippen molar-refractivity contribution in [2.75, 3.05) is 46.9 Å². The lowest BCUT2D eigenvalue weighted by Gasteiger charge is -2.32. The van der Waals surface area contributed by atoms with E-state index in [1.165, 1.54) is 0 Å². The number of morpholine rings is 1. The van der Waals surface area contributed by atoms with Crippen molar-refractivity contribution >= 4 is 5.91 Å². The molecule has 82 valence electrons. The average Bonchev–Trinajstić information content (AvgIpc) is 2.16. The lowest BCUT2D eigenvalue weighted by Crippen LogP contribution is -2.50. The number of nitrogens with two attached hydrogens (primary N) is 1. The molecule has 2 N–H and O–H groups in total. The molecule has 1 saturated heterocycles. The minimum absolute atomic E-state index is 0.00913. The summed E-state index contributed by atoms with van der Waals surface area (Å²) in [4.78, 5) is 15.3. The number of carbonyl (C=O) groups is 1. The maximum Gasteiger partial charge on any atom is 0.248 e. The molecule has 1 heterocycles. The number of carbonyl (C=O) groups excluding carboxylic acids is 1. The lowest BCUT2D eigenvalue weighted by atomic mass is 10.2. The molecule has 0 aliphatic carbocycles. The van der Waals surface area contributed by atoms with E-state index in [0.717, 1.165) is 13.1 Å². The summed E-state index contributed by atoms with van der Waals surface area (Å²) < 4.78 is 5.25. The van der Waals surface area contributed by atoms with Gasteiger partial charge in [-0.25, -0.2) is 0 Å². The smallest absolute Gasteiger partial charge is 0.248 e. The molecule has 1 rings (SSSR count). The van der Waals surface area contributed by atoms with Crippen molar-refractivity contribution in [3.05, 3.63) is 0 Å². The highest BCUT2D eigenvalue weighted by Gasteiger charge is 2.24. The second-order valence-electron chi connectivity index (χ2n) is 3.81. The predicted octanol–water partition coefficient (Wildman–Crippen LogP) is -1.27. The van der Waals surface area contributed by atoms with Crippen LogP contribution in [0.2, 0.25) is 0 Å². The Morgan fingerprint density at radius 2 is 2.36 bits per heavy atom. The van der Waals surface area contributed by atoms with Gasteiger partial charge >= 0.3 is 0 Å². The number of nitrogens with zero attached hydrogens (tertiary/aromatic N) is 2. The third-order valence-corrected chi connectivity index (χ3v) is 2.30. The first-order chi connectivity index (χ1) is 6.63. The summed E-state index contributed by atoms with van der Waals surface area (Å²) >= 11 is 0. The van der Waals surface area contributed by atoms with Crippen LogP contribution in [-0.4, -0.2) is 68.7 Å². The van der Waals surface area contributed by atoms with Crippen molar-refractivity contribution in [1.29, 1.82) is 0 Å². The topological polar surface area (TPSA) is 58.8 Å². The highest BCUT2D eigenvalue weighted by atomic mass is 16.5. The van der Waals surface area contributed by atoms with Crippen molar-refractivity contribution in [1.82, 2.24) is 9.80 Å². The van der Waals surface area contributed by atoms with Gasteiger partial charge in [0.25, 0.3) is 0 Å². The van der Waals surface area contributed by atoms with E-state index >= 15 is 0 Å². The zero-order valence-corrected chi connectivity index (χ0v) is 8.90. The molecule has 5 heteroatoms. The van der Waals surface area contributed by atoms with E-state index in [4.69, 9.17) is 10.5 Å². The zero-order chi connectivity index (χ0) is 10.6. The molecule has 14 heavy (non-hydrogen) atoms. The Morgan fingerprint density at radius 1 is 1.64 bits per heavy atom. The Hall–Kier alpha value is -0.650. The third-order valence-electron chi connectivity index (χ3n) is 2.30. The molecule has 0 radical (unpaired) electrons. The maximum atomic E-state index is 11.4. The van der Waals surface area contributed by atoms with Gasteiger partial charge in [0.2, 0.25) is 5.91 Å². The molecule has 0 bridgehead atoms. The fraction of sp³-hybridized carbons (Fsp3) is 0.889. The summed E-state index contributed by atoms with van der Waals surface area (Å²) in [6.07, 6.45) is 0.00913. The summed E-state index contributed by atoms with van der Waals surface area (Å²) in [6.45, 7) is 2.92. The number of hydrogen-bond donors (Lipinski definition) is 1. The van der Waals surface area contributed by atoms with Crippen LogP contribution in [0.1, 0.15) is 0 Å². The summed E-state index contributed by atoms with van der Waals surface area (Å²) in [5.74, 6) is 0.0663. The van der Waals surface area contributed by atoms with Crippen molar-refractivity contribution in [3.63, 3.8) is 0 Å². The number of hydrogen-bond acceptors (Lipinski definition) is 4. The molecular formula is C9H19N3O2. The highest BCUT2D eigenvalue weighted by molar-refractivity contribution is 5.78. The molecule has 1 unspecified atom stereocenters. The molecule has 1 atom stereocenters. The highest BCUT2D eigenvalue weighted by Crippen LogP contribution is 2.04. The summed E-state index contributed by atoms with van der Waals surface area (Å²) in [7, 11) is 3.98. The second-order valence-corrected chi connectivity index (χ2v) is 3.81. The molecule has 0 aromatic rings. The van der Waals surface area contributed by atoms with Gasteiger partial charge in [-0.2, -0.15) is 0 Å². The van der Waals surface area contributed by atoms with Gasteiger partial charge in [0.05, 0.1) is 6.10 Å². The molecule has 1 aliphatic rings. The van der Waals surface area contributed by atoms with E-state index in [0.29, 0.717) is 13.1 Å². The van der Waals surface area contributed by atoms with Crippen molar-refractivity contribution in [2.45, 2.75) is 6.10 Å². The molecule has 0 aromatic carbocycles. The van der Waals surface area contributed by atoms with Crippen molar-refractivity contribution in [2.24, 2.45) is 5.73 Å². The van der Waals surface area contributed by atoms with Crippen LogP contribution in [0.15, 0.2) is 0 Å². The van der Waals surface area contributed by atoms with Gasteiger partial charge in [0.15, 0.2) is 0 Å². The molecule has 0 saturated carbocycles. The Labute approximate surface area is 84.8 Å². The van der Waals surface area contributed by atoms with Crippen molar-refractivity contribution < 1.29 is 9.53 Å². The summed E-state index contributed by atoms with van der Waals surface area (Å²) in [5, 5.41) is 0. The minimum Gasteiger partial charge on any atom is -0.365 e. The van der Waals surface area contributed by atoms with Crippen LogP contribution in [0.3, 0.4) is 0 Å². The number of rotatable bonds is 4. The van der Waals surface area contributed by atoms with E-state index in [-0.39, 0.29) is 18.6 Å². The van der Waals surface area contributed by atoms with Crippen LogP contribution in [0, 0.1) is 0 Å². The lowest BCUT2D eigenvalue weighted by molar-refractivity contribution is -0.148. The van der Waals surface area contributed by atoms with E-state index in [9.17, 15) is 4.79 Å². The third kappa shape index (κ3) is 3.25. The van der Waals surface area contributed by atoms with Crippen LogP contribution in [0.4, 0.5) is 0 Å². The molecule has 5 nitrogen and oxygen atoms in total. The fourth-order valence-corrected chi connectivity index (χ4v) is 1.36. The predicted molar refractivity (Wildman–Crippen MR) is 53.9 cm³/mol. The first-order valence-electron chi connectivity index (χ1n) is 4.87. The van der Waals surface area contributed by atoms with Crippen LogP contribution in [0.25, 0.3) is 0 Å². The Morgan fingerprint density at radius 3 is 2.93 bits per heavy atom. The summed E-state index contributed by atoms with van der Waals surface area (Å²) in [5.41, 5.74) is 5.49. The monoisotopic (exact) mass is 201 g/mol. The van der Waals surface area contributed by atoms with E-state index in [1.54, 1.807) is 0 Å². The van der Waals surface area contributed by atoms with Gasteiger partial charge in [0.1, 0.15) is 6.61 Å². The van der Waals surface area contributed by atoms with Gasteiger partial charge in [-0.05, 0) is 14.1 Å². The van der Waals surface area contributed by atoms with Crippen molar-refractivity contribution in [3.8, 4) is 0 Å². The minimum atomic E-state index is 0.00913.